The predicted molar refractivity (Wildman–Crippen MR) is 96.6 cm³/mol. The Labute approximate surface area is 157 Å². The van der Waals surface area contributed by atoms with Crippen LogP contribution in [0.1, 0.15) is 31.4 Å². The maximum atomic E-state index is 12.6. The first-order valence-electron chi connectivity index (χ1n) is 7.44. The number of hydrogen-bond donors (Lipinski definition) is 2. The van der Waals surface area contributed by atoms with Gasteiger partial charge in [0.2, 0.25) is 0 Å². The number of rotatable bonds is 5. The summed E-state index contributed by atoms with van der Waals surface area (Å²) >= 11 is -0.136. The molecule has 2 N–H and O–H groups in total. The van der Waals surface area contributed by atoms with E-state index in [1.165, 1.54) is 18.2 Å². The highest BCUT2D eigenvalue weighted by Crippen LogP contribution is 2.41. The molecular formula is C15H23Cl2F3N2OS. The third-order valence-corrected chi connectivity index (χ3v) is 4.47. The van der Waals surface area contributed by atoms with E-state index < -0.39 is 5.51 Å². The molecule has 0 aromatic heterocycles. The maximum absolute atomic E-state index is 12.6. The summed E-state index contributed by atoms with van der Waals surface area (Å²) in [5.74, 6) is 0.0727. The van der Waals surface area contributed by atoms with Gasteiger partial charge in [0.25, 0.3) is 0 Å². The molecule has 1 aliphatic heterocycles. The normalized spacial score (nSPS) is 16.8. The van der Waals surface area contributed by atoms with Gasteiger partial charge in [-0.25, -0.2) is 0 Å². The summed E-state index contributed by atoms with van der Waals surface area (Å²) in [6.45, 7) is 5.43. The number of nitrogens with zero attached hydrogens (tertiary/aromatic N) is 1. The number of halogens is 5. The van der Waals surface area contributed by atoms with Crippen LogP contribution in [0.4, 0.5) is 13.2 Å². The molecule has 9 heteroatoms. The van der Waals surface area contributed by atoms with E-state index in [4.69, 9.17) is 0 Å². The van der Waals surface area contributed by atoms with Crippen LogP contribution in [-0.2, 0) is 0 Å². The summed E-state index contributed by atoms with van der Waals surface area (Å²) in [6, 6.07) is 4.13. The van der Waals surface area contributed by atoms with Gasteiger partial charge < -0.3 is 10.4 Å². The number of thioether (sulfide) groups is 1. The van der Waals surface area contributed by atoms with Crippen LogP contribution in [0.25, 0.3) is 0 Å². The van der Waals surface area contributed by atoms with Gasteiger partial charge in [-0.1, -0.05) is 13.3 Å². The molecular weight excluding hydrogens is 384 g/mol. The van der Waals surface area contributed by atoms with Crippen LogP contribution < -0.4 is 5.32 Å². The Kier molecular flexibility index (Phi) is 10.5. The number of nitrogens with one attached hydrogen (secondary N) is 1. The van der Waals surface area contributed by atoms with Crippen molar-refractivity contribution in [3.8, 4) is 5.75 Å². The summed E-state index contributed by atoms with van der Waals surface area (Å²) in [7, 11) is 0. The molecule has 0 spiro atoms. The average Bonchev–Trinajstić information content (AvgIpc) is 2.46. The third-order valence-electron chi connectivity index (χ3n) is 3.75. The van der Waals surface area contributed by atoms with Crippen molar-refractivity contribution in [1.29, 1.82) is 0 Å². The molecule has 0 aliphatic carbocycles. The van der Waals surface area contributed by atoms with Gasteiger partial charge in [-0.3, -0.25) is 4.90 Å². The fraction of sp³-hybridized carbons (Fsp3) is 0.600. The van der Waals surface area contributed by atoms with Crippen molar-refractivity contribution in [2.75, 3.05) is 26.2 Å². The summed E-state index contributed by atoms with van der Waals surface area (Å²) < 4.78 is 37.7. The second kappa shape index (κ2) is 10.6. The van der Waals surface area contributed by atoms with E-state index in [1.807, 2.05) is 6.92 Å². The van der Waals surface area contributed by atoms with Crippen molar-refractivity contribution < 1.29 is 18.3 Å². The lowest BCUT2D eigenvalue weighted by Crippen LogP contribution is -2.45. The number of phenolic OH excluding ortho intramolecular Hbond substituents is 1. The van der Waals surface area contributed by atoms with E-state index in [0.29, 0.717) is 5.56 Å². The van der Waals surface area contributed by atoms with E-state index in [-0.39, 0.29) is 53.3 Å². The molecule has 1 fully saturated rings. The molecule has 24 heavy (non-hydrogen) atoms. The number of phenols is 1. The summed E-state index contributed by atoms with van der Waals surface area (Å²) in [6.07, 6.45) is 1.72. The Morgan fingerprint density at radius 1 is 1.25 bits per heavy atom. The Bertz CT molecular complexity index is 500. The minimum absolute atomic E-state index is 0. The molecule has 3 nitrogen and oxygen atoms in total. The highest BCUT2D eigenvalue weighted by molar-refractivity contribution is 8.00. The van der Waals surface area contributed by atoms with Crippen LogP contribution >= 0.6 is 36.6 Å². The molecule has 1 aromatic rings. The highest BCUT2D eigenvalue weighted by atomic mass is 35.5. The molecule has 0 radical (unpaired) electrons. The van der Waals surface area contributed by atoms with E-state index in [9.17, 15) is 18.3 Å². The van der Waals surface area contributed by atoms with Crippen molar-refractivity contribution in [3.63, 3.8) is 0 Å². The third kappa shape index (κ3) is 6.88. The first kappa shape index (κ1) is 23.7. The standard InChI is InChI=1S/C15H21F3N2OS.2ClH/c1-2-3-13(20-8-6-19-7-9-20)12-10-11(4-5-14(12)21)22-15(16,17)18;;/h4-5,10,13,19,21H,2-3,6-9H2,1H3;2*1H/t13-;;/m1../s1. The zero-order valence-electron chi connectivity index (χ0n) is 13.3. The molecule has 140 valence electrons. The van der Waals surface area contributed by atoms with Gasteiger partial charge in [0, 0.05) is 42.7 Å². The average molecular weight is 407 g/mol. The van der Waals surface area contributed by atoms with Gasteiger partial charge in [-0.05, 0) is 36.4 Å². The van der Waals surface area contributed by atoms with Crippen LogP contribution in [0.15, 0.2) is 23.1 Å². The molecule has 1 aromatic carbocycles. The fourth-order valence-electron chi connectivity index (χ4n) is 2.80. The lowest BCUT2D eigenvalue weighted by Gasteiger charge is -2.35. The highest BCUT2D eigenvalue weighted by Gasteiger charge is 2.30. The van der Waals surface area contributed by atoms with Gasteiger partial charge >= 0.3 is 5.51 Å². The van der Waals surface area contributed by atoms with Crippen LogP contribution in [-0.4, -0.2) is 41.7 Å². The predicted octanol–water partition coefficient (Wildman–Crippen LogP) is 4.59. The minimum atomic E-state index is -4.32. The number of hydrogen-bond acceptors (Lipinski definition) is 4. The zero-order valence-corrected chi connectivity index (χ0v) is 15.8. The molecule has 2 rings (SSSR count). The summed E-state index contributed by atoms with van der Waals surface area (Å²) in [4.78, 5) is 2.36. The van der Waals surface area contributed by atoms with Crippen LogP contribution in [0.3, 0.4) is 0 Å². The molecule has 0 bridgehead atoms. The SMILES string of the molecule is CCC[C@H](c1cc(SC(F)(F)F)ccc1O)N1CCNCC1.Cl.Cl. The Morgan fingerprint density at radius 2 is 1.88 bits per heavy atom. The van der Waals surface area contributed by atoms with E-state index in [2.05, 4.69) is 10.2 Å². The van der Waals surface area contributed by atoms with E-state index in [1.54, 1.807) is 0 Å². The first-order chi connectivity index (χ1) is 10.4. The lowest BCUT2D eigenvalue weighted by molar-refractivity contribution is -0.0328. The minimum Gasteiger partial charge on any atom is -0.508 e. The second-order valence-corrected chi connectivity index (χ2v) is 6.50. The van der Waals surface area contributed by atoms with Crippen molar-refractivity contribution in [2.24, 2.45) is 0 Å². The molecule has 0 saturated carbocycles. The molecule has 1 aliphatic rings. The van der Waals surface area contributed by atoms with Crippen molar-refractivity contribution in [2.45, 2.75) is 36.2 Å². The van der Waals surface area contributed by atoms with Crippen molar-refractivity contribution in [3.05, 3.63) is 23.8 Å². The monoisotopic (exact) mass is 406 g/mol. The molecule has 0 unspecified atom stereocenters. The molecule has 1 atom stereocenters. The van der Waals surface area contributed by atoms with Gasteiger partial charge in [0.15, 0.2) is 0 Å². The van der Waals surface area contributed by atoms with Crippen LogP contribution in [0, 0.1) is 0 Å². The first-order valence-corrected chi connectivity index (χ1v) is 8.26. The number of alkyl halides is 3. The topological polar surface area (TPSA) is 35.5 Å². The van der Waals surface area contributed by atoms with Gasteiger partial charge in [0.05, 0.1) is 0 Å². The molecule has 1 saturated heterocycles. The van der Waals surface area contributed by atoms with Gasteiger partial charge in [-0.15, -0.1) is 24.8 Å². The molecule has 1 heterocycles. The van der Waals surface area contributed by atoms with Crippen molar-refractivity contribution in [1.82, 2.24) is 10.2 Å². The van der Waals surface area contributed by atoms with Crippen LogP contribution in [0.5, 0.6) is 5.75 Å². The second-order valence-electron chi connectivity index (χ2n) is 5.36. The number of piperazine rings is 1. The quantitative estimate of drug-likeness (QED) is 0.700. The summed E-state index contributed by atoms with van der Waals surface area (Å²) in [5, 5.41) is 13.4. The van der Waals surface area contributed by atoms with E-state index in [0.717, 1.165) is 39.0 Å². The smallest absolute Gasteiger partial charge is 0.446 e. The number of benzene rings is 1. The molecule has 0 amide bonds. The maximum Gasteiger partial charge on any atom is 0.446 e. The Balaban J connectivity index is 0.00000264. The van der Waals surface area contributed by atoms with Gasteiger partial charge in [0.1, 0.15) is 5.75 Å². The number of aromatic hydroxyl groups is 1. The van der Waals surface area contributed by atoms with Crippen molar-refractivity contribution >= 4 is 36.6 Å². The Hall–Kier alpha value is -0.340. The van der Waals surface area contributed by atoms with E-state index >= 15 is 0 Å². The van der Waals surface area contributed by atoms with Gasteiger partial charge in [-0.2, -0.15) is 13.2 Å². The largest absolute Gasteiger partial charge is 0.508 e. The van der Waals surface area contributed by atoms with Crippen LogP contribution in [0.2, 0.25) is 0 Å². The lowest BCUT2D eigenvalue weighted by atomic mass is 9.99. The zero-order chi connectivity index (χ0) is 16.2. The summed E-state index contributed by atoms with van der Waals surface area (Å²) in [5.41, 5.74) is -3.72. The fourth-order valence-corrected chi connectivity index (χ4v) is 3.39. The Morgan fingerprint density at radius 3 is 2.42 bits per heavy atom.